The van der Waals surface area contributed by atoms with Gasteiger partial charge < -0.3 is 0 Å². The predicted molar refractivity (Wildman–Crippen MR) is 57.6 cm³/mol. The van der Waals surface area contributed by atoms with E-state index < -0.39 is 9.84 Å². The molecule has 2 rings (SSSR count). The van der Waals surface area contributed by atoms with E-state index in [1.807, 2.05) is 0 Å². The van der Waals surface area contributed by atoms with Crippen LogP contribution < -0.4 is 0 Å². The van der Waals surface area contributed by atoms with Crippen LogP contribution in [0.4, 0.5) is 0 Å². The topological polar surface area (TPSA) is 46.5 Å². The predicted octanol–water partition coefficient (Wildman–Crippen LogP) is 1.79. The maximum Gasteiger partial charge on any atom is 0.201 e. The van der Waals surface area contributed by atoms with Crippen molar-refractivity contribution in [3.8, 4) is 0 Å². The van der Waals surface area contributed by atoms with Gasteiger partial charge in [0, 0.05) is 18.0 Å². The van der Waals surface area contributed by atoms with Gasteiger partial charge in [0.15, 0.2) is 0 Å². The first kappa shape index (κ1) is 10.9. The molecule has 1 aliphatic rings. The molecule has 1 aliphatic heterocycles. The molecule has 0 aliphatic carbocycles. The number of sulfone groups is 1. The van der Waals surface area contributed by atoms with Crippen LogP contribution in [-0.2, 0) is 9.84 Å². The zero-order valence-corrected chi connectivity index (χ0v) is 8.75. The van der Waals surface area contributed by atoms with Crippen LogP contribution in [-0.4, -0.2) is 14.6 Å². The summed E-state index contributed by atoms with van der Waals surface area (Å²) in [6.45, 7) is 0. The summed E-state index contributed by atoms with van der Waals surface area (Å²) in [5.41, 5.74) is 0.632. The van der Waals surface area contributed by atoms with Crippen molar-refractivity contribution in [1.82, 2.24) is 0 Å². The highest BCUT2D eigenvalue weighted by molar-refractivity contribution is 7.94. The van der Waals surface area contributed by atoms with E-state index in [0.29, 0.717) is 10.5 Å². The lowest BCUT2D eigenvalue weighted by molar-refractivity contribution is 0.604. The molecule has 0 amide bonds. The lowest BCUT2D eigenvalue weighted by Gasteiger charge is -2.00. The smallest absolute Gasteiger partial charge is 0.201 e. The maximum absolute atomic E-state index is 11.5. The summed E-state index contributed by atoms with van der Waals surface area (Å²) in [6.07, 6.45) is 2.83. The molecule has 0 saturated carbocycles. The molecular weight excluding hydrogens is 222 g/mol. The third-order valence-corrected chi connectivity index (χ3v) is 3.23. The van der Waals surface area contributed by atoms with Gasteiger partial charge in [-0.3, -0.25) is 4.99 Å². The average molecular weight is 230 g/mol. The average Bonchev–Trinajstić information content (AvgIpc) is 2.26. The molecule has 1 heterocycles. The molecule has 0 atom stereocenters. The summed E-state index contributed by atoms with van der Waals surface area (Å²) < 4.78 is 23.1. The van der Waals surface area contributed by atoms with E-state index in [1.54, 1.807) is 24.3 Å². The molecule has 0 fully saturated rings. The van der Waals surface area contributed by atoms with Crippen LogP contribution in [0.25, 0.3) is 0 Å². The van der Waals surface area contributed by atoms with Crippen molar-refractivity contribution in [3.63, 3.8) is 0 Å². The Hall–Kier alpha value is -1.13. The molecule has 5 heteroatoms. The molecule has 74 valence electrons. The van der Waals surface area contributed by atoms with Crippen LogP contribution >= 0.6 is 12.4 Å². The summed E-state index contributed by atoms with van der Waals surface area (Å²) in [7, 11) is -3.28. The fourth-order valence-electron chi connectivity index (χ4n) is 1.16. The van der Waals surface area contributed by atoms with Gasteiger partial charge in [0.1, 0.15) is 0 Å². The lowest BCUT2D eigenvalue weighted by atomic mass is 10.2. The lowest BCUT2D eigenvalue weighted by Crippen LogP contribution is -1.98. The third kappa shape index (κ3) is 1.86. The summed E-state index contributed by atoms with van der Waals surface area (Å²) in [6, 6.07) is 6.78. The molecule has 0 spiro atoms. The van der Waals surface area contributed by atoms with Gasteiger partial charge in [-0.05, 0) is 6.07 Å². The van der Waals surface area contributed by atoms with Gasteiger partial charge in [-0.25, -0.2) is 8.42 Å². The zero-order valence-electron chi connectivity index (χ0n) is 7.12. The molecule has 1 aromatic carbocycles. The van der Waals surface area contributed by atoms with Crippen LogP contribution in [0.3, 0.4) is 0 Å². The fourth-order valence-corrected chi connectivity index (χ4v) is 2.25. The van der Waals surface area contributed by atoms with E-state index in [2.05, 4.69) is 4.99 Å². The minimum atomic E-state index is -3.28. The quantitative estimate of drug-likeness (QED) is 0.681. The highest BCUT2D eigenvalue weighted by Gasteiger charge is 2.14. The molecule has 0 bridgehead atoms. The largest absolute Gasteiger partial charge is 0.263 e. The highest BCUT2D eigenvalue weighted by Crippen LogP contribution is 2.18. The normalized spacial score (nSPS) is 16.6. The second kappa shape index (κ2) is 3.94. The molecular formula is C9H8ClNO2S. The minimum absolute atomic E-state index is 0. The number of benzene rings is 1. The van der Waals surface area contributed by atoms with Crippen molar-refractivity contribution >= 4 is 28.5 Å². The van der Waals surface area contributed by atoms with Gasteiger partial charge in [-0.2, -0.15) is 0 Å². The first-order chi connectivity index (χ1) is 6.20. The first-order valence-electron chi connectivity index (χ1n) is 3.74. The van der Waals surface area contributed by atoms with E-state index >= 15 is 0 Å². The summed E-state index contributed by atoms with van der Waals surface area (Å²) in [5.74, 6) is 0. The summed E-state index contributed by atoms with van der Waals surface area (Å²) in [4.78, 5) is 4.14. The molecule has 0 N–H and O–H groups in total. The number of fused-ring (bicyclic) bond motifs is 1. The number of nitrogens with zero attached hydrogens (tertiary/aromatic N) is 1. The SMILES string of the molecule is Cl.O=S1(=O)C=CN=Cc2ccccc21. The second-order valence-electron chi connectivity index (χ2n) is 2.65. The Morgan fingerprint density at radius 2 is 1.86 bits per heavy atom. The minimum Gasteiger partial charge on any atom is -0.263 e. The van der Waals surface area contributed by atoms with Gasteiger partial charge in [-0.1, -0.05) is 18.2 Å². The van der Waals surface area contributed by atoms with Gasteiger partial charge in [-0.15, -0.1) is 12.4 Å². The van der Waals surface area contributed by atoms with Crippen molar-refractivity contribution in [3.05, 3.63) is 41.4 Å². The van der Waals surface area contributed by atoms with Crippen molar-refractivity contribution in [2.24, 2.45) is 4.99 Å². The molecule has 14 heavy (non-hydrogen) atoms. The van der Waals surface area contributed by atoms with Crippen LogP contribution in [0.5, 0.6) is 0 Å². The Labute approximate surface area is 88.5 Å². The van der Waals surface area contributed by atoms with Crippen LogP contribution in [0.2, 0.25) is 0 Å². The van der Waals surface area contributed by atoms with Crippen molar-refractivity contribution in [2.75, 3.05) is 0 Å². The first-order valence-corrected chi connectivity index (χ1v) is 5.29. The van der Waals surface area contributed by atoms with Gasteiger partial charge >= 0.3 is 0 Å². The van der Waals surface area contributed by atoms with E-state index in [4.69, 9.17) is 0 Å². The molecule has 0 saturated heterocycles. The Morgan fingerprint density at radius 1 is 1.14 bits per heavy atom. The third-order valence-electron chi connectivity index (χ3n) is 1.77. The van der Waals surface area contributed by atoms with E-state index in [9.17, 15) is 8.42 Å². The maximum atomic E-state index is 11.5. The summed E-state index contributed by atoms with van der Waals surface area (Å²) >= 11 is 0. The van der Waals surface area contributed by atoms with Crippen LogP contribution in [0, 0.1) is 0 Å². The molecule has 1 aromatic rings. The Balaban J connectivity index is 0.000000980. The van der Waals surface area contributed by atoms with Crippen molar-refractivity contribution < 1.29 is 8.42 Å². The second-order valence-corrected chi connectivity index (χ2v) is 4.45. The number of hydrogen-bond donors (Lipinski definition) is 0. The van der Waals surface area contributed by atoms with Crippen molar-refractivity contribution in [2.45, 2.75) is 4.90 Å². The van der Waals surface area contributed by atoms with Gasteiger partial charge in [0.25, 0.3) is 0 Å². The van der Waals surface area contributed by atoms with E-state index in [0.717, 1.165) is 5.41 Å². The van der Waals surface area contributed by atoms with E-state index in [-0.39, 0.29) is 12.4 Å². The Bertz CT molecular complexity index is 491. The number of rotatable bonds is 0. The Morgan fingerprint density at radius 3 is 2.64 bits per heavy atom. The van der Waals surface area contributed by atoms with Crippen LogP contribution in [0.15, 0.2) is 45.8 Å². The highest BCUT2D eigenvalue weighted by atomic mass is 35.5. The zero-order chi connectivity index (χ0) is 9.31. The van der Waals surface area contributed by atoms with Crippen LogP contribution in [0.1, 0.15) is 5.56 Å². The Kier molecular flexibility index (Phi) is 3.08. The molecule has 3 nitrogen and oxygen atoms in total. The summed E-state index contributed by atoms with van der Waals surface area (Å²) in [5, 5.41) is 1.11. The molecule has 0 unspecified atom stereocenters. The number of halogens is 1. The molecule has 0 radical (unpaired) electrons. The van der Waals surface area contributed by atoms with Crippen molar-refractivity contribution in [1.29, 1.82) is 0 Å². The van der Waals surface area contributed by atoms with E-state index in [1.165, 1.54) is 12.4 Å². The number of aliphatic imine (C=N–C) groups is 1. The van der Waals surface area contributed by atoms with Gasteiger partial charge in [0.05, 0.1) is 10.3 Å². The number of hydrogen-bond acceptors (Lipinski definition) is 3. The standard InChI is InChI=1S/C9H7NO2S.ClH/c11-13(12)6-5-10-7-8-3-1-2-4-9(8)13;/h1-7H;1H. The van der Waals surface area contributed by atoms with Gasteiger partial charge in [0.2, 0.25) is 9.84 Å². The molecule has 0 aromatic heterocycles. The monoisotopic (exact) mass is 229 g/mol. The fraction of sp³-hybridized carbons (Fsp3) is 0.